The molecule has 0 aromatic carbocycles. The molecule has 23 heavy (non-hydrogen) atoms. The number of aliphatic hydroxyl groups is 1. The van der Waals surface area contributed by atoms with Crippen molar-refractivity contribution in [3.05, 3.63) is 0 Å². The molecule has 0 saturated heterocycles. The van der Waals surface area contributed by atoms with E-state index in [9.17, 15) is 9.90 Å². The maximum absolute atomic E-state index is 11.6. The Morgan fingerprint density at radius 2 is 1.61 bits per heavy atom. The van der Waals surface area contributed by atoms with Gasteiger partial charge in [-0.1, -0.05) is 20.3 Å². The van der Waals surface area contributed by atoms with Crippen LogP contribution in [0.4, 0.5) is 0 Å². The third kappa shape index (κ3) is 2.00. The number of rotatable bonds is 1. The van der Waals surface area contributed by atoms with Gasteiger partial charge < -0.3 is 9.90 Å². The van der Waals surface area contributed by atoms with E-state index in [1.54, 1.807) is 0 Å². The fourth-order valence-corrected chi connectivity index (χ4v) is 7.89. The molecule has 4 aliphatic carbocycles. The lowest BCUT2D eigenvalue weighted by atomic mass is 9.43. The van der Waals surface area contributed by atoms with Gasteiger partial charge in [0.25, 0.3) is 0 Å². The SMILES string of the molecule is C[C@]12CCC[C@@H](C=O)[C@@H]1CC[C@@H]1[C@@H]2CC[C@@]2(C)[C@H]1CC[C@]2(C)O. The summed E-state index contributed by atoms with van der Waals surface area (Å²) in [6, 6.07) is 0. The number of hydrogen-bond donors (Lipinski definition) is 1. The van der Waals surface area contributed by atoms with Crippen LogP contribution in [0.2, 0.25) is 0 Å². The number of carbonyl (C=O) groups excluding carboxylic acids is 1. The van der Waals surface area contributed by atoms with Crippen LogP contribution in [0.5, 0.6) is 0 Å². The maximum Gasteiger partial charge on any atom is 0.123 e. The predicted octanol–water partition coefficient (Wildman–Crippen LogP) is 4.60. The van der Waals surface area contributed by atoms with Crippen LogP contribution in [0, 0.1) is 40.4 Å². The van der Waals surface area contributed by atoms with Gasteiger partial charge in [-0.25, -0.2) is 0 Å². The first-order valence-corrected chi connectivity index (χ1v) is 10.0. The van der Waals surface area contributed by atoms with Crippen molar-refractivity contribution in [2.45, 2.75) is 84.2 Å². The molecule has 2 nitrogen and oxygen atoms in total. The van der Waals surface area contributed by atoms with Gasteiger partial charge in [0.05, 0.1) is 5.60 Å². The Labute approximate surface area is 141 Å². The Bertz CT molecular complexity index is 498. The van der Waals surface area contributed by atoms with Crippen molar-refractivity contribution in [1.29, 1.82) is 0 Å². The molecular formula is C21H34O2. The van der Waals surface area contributed by atoms with Crippen LogP contribution in [0.3, 0.4) is 0 Å². The van der Waals surface area contributed by atoms with Gasteiger partial charge in [0, 0.05) is 5.92 Å². The van der Waals surface area contributed by atoms with Crippen molar-refractivity contribution in [2.24, 2.45) is 40.4 Å². The lowest BCUT2D eigenvalue weighted by Crippen LogP contribution is -2.56. The summed E-state index contributed by atoms with van der Waals surface area (Å²) in [4.78, 5) is 11.6. The second kappa shape index (κ2) is 5.07. The zero-order chi connectivity index (χ0) is 16.5. The minimum Gasteiger partial charge on any atom is -0.390 e. The summed E-state index contributed by atoms with van der Waals surface area (Å²) in [6.07, 6.45) is 12.1. The van der Waals surface area contributed by atoms with E-state index in [4.69, 9.17) is 0 Å². The van der Waals surface area contributed by atoms with Gasteiger partial charge in [-0.3, -0.25) is 0 Å². The van der Waals surface area contributed by atoms with E-state index in [2.05, 4.69) is 20.8 Å². The first-order chi connectivity index (χ1) is 10.8. The molecule has 0 aromatic heterocycles. The van der Waals surface area contributed by atoms with Crippen molar-refractivity contribution in [3.8, 4) is 0 Å². The van der Waals surface area contributed by atoms with E-state index in [1.165, 1.54) is 51.2 Å². The van der Waals surface area contributed by atoms with Gasteiger partial charge in [0.1, 0.15) is 6.29 Å². The van der Waals surface area contributed by atoms with Crippen LogP contribution >= 0.6 is 0 Å². The van der Waals surface area contributed by atoms with Crippen LogP contribution in [0.25, 0.3) is 0 Å². The van der Waals surface area contributed by atoms with Crippen molar-refractivity contribution >= 4 is 6.29 Å². The Balaban J connectivity index is 1.66. The molecule has 0 aliphatic heterocycles. The van der Waals surface area contributed by atoms with Crippen molar-refractivity contribution in [3.63, 3.8) is 0 Å². The minimum absolute atomic E-state index is 0.121. The standard InChI is InChI=1S/C21H34O2/c1-19-10-4-5-14(13-22)16(19)7-6-15-17(19)8-11-20(2)18(15)9-12-21(20,3)23/h13-18,23H,4-12H2,1-3H3/t14-,15+,16-,17-,18-,19-,20-,21-/m0/s1. The molecule has 0 radical (unpaired) electrons. The van der Waals surface area contributed by atoms with Gasteiger partial charge in [-0.2, -0.15) is 0 Å². The molecule has 0 amide bonds. The average molecular weight is 319 g/mol. The van der Waals surface area contributed by atoms with Crippen molar-refractivity contribution < 1.29 is 9.90 Å². The summed E-state index contributed by atoms with van der Waals surface area (Å²) < 4.78 is 0. The first kappa shape index (κ1) is 16.1. The normalized spacial score (nSPS) is 58.9. The molecule has 4 aliphatic rings. The smallest absolute Gasteiger partial charge is 0.123 e. The van der Waals surface area contributed by atoms with E-state index in [0.717, 1.165) is 24.7 Å². The molecule has 0 bridgehead atoms. The topological polar surface area (TPSA) is 37.3 Å². The van der Waals surface area contributed by atoms with Crippen LogP contribution in [0.15, 0.2) is 0 Å². The van der Waals surface area contributed by atoms with Gasteiger partial charge in [0.15, 0.2) is 0 Å². The Kier molecular flexibility index (Phi) is 3.55. The van der Waals surface area contributed by atoms with Gasteiger partial charge in [-0.05, 0) is 92.8 Å². The van der Waals surface area contributed by atoms with Crippen molar-refractivity contribution in [2.75, 3.05) is 0 Å². The quantitative estimate of drug-likeness (QED) is 0.718. The molecule has 0 spiro atoms. The molecule has 4 saturated carbocycles. The number of aldehydes is 1. The molecule has 0 aromatic rings. The van der Waals surface area contributed by atoms with E-state index < -0.39 is 5.60 Å². The Morgan fingerprint density at radius 1 is 0.870 bits per heavy atom. The fraction of sp³-hybridized carbons (Fsp3) is 0.952. The molecule has 8 atom stereocenters. The van der Waals surface area contributed by atoms with Crippen molar-refractivity contribution in [1.82, 2.24) is 0 Å². The highest BCUT2D eigenvalue weighted by Gasteiger charge is 2.63. The summed E-state index contributed by atoms with van der Waals surface area (Å²) in [6.45, 7) is 6.97. The van der Waals surface area contributed by atoms with E-state index in [1.807, 2.05) is 0 Å². The first-order valence-electron chi connectivity index (χ1n) is 10.0. The number of carbonyl (C=O) groups is 1. The van der Waals surface area contributed by atoms with Gasteiger partial charge in [-0.15, -0.1) is 0 Å². The summed E-state index contributed by atoms with van der Waals surface area (Å²) in [5.41, 5.74) is 0.0247. The molecule has 0 heterocycles. The second-order valence-electron chi connectivity index (χ2n) is 10.0. The lowest BCUT2D eigenvalue weighted by Gasteiger charge is -2.62. The third-order valence-electron chi connectivity index (χ3n) is 9.45. The third-order valence-corrected chi connectivity index (χ3v) is 9.45. The zero-order valence-corrected chi connectivity index (χ0v) is 15.2. The maximum atomic E-state index is 11.6. The van der Waals surface area contributed by atoms with Gasteiger partial charge in [0.2, 0.25) is 0 Å². The summed E-state index contributed by atoms with van der Waals surface area (Å²) in [5, 5.41) is 11.0. The monoisotopic (exact) mass is 318 g/mol. The Morgan fingerprint density at radius 3 is 2.35 bits per heavy atom. The van der Waals surface area contributed by atoms with E-state index in [0.29, 0.717) is 23.2 Å². The fourth-order valence-electron chi connectivity index (χ4n) is 7.89. The molecular weight excluding hydrogens is 284 g/mol. The second-order valence-corrected chi connectivity index (χ2v) is 10.0. The summed E-state index contributed by atoms with van der Waals surface area (Å²) >= 11 is 0. The molecule has 4 rings (SSSR count). The molecule has 0 unspecified atom stereocenters. The lowest BCUT2D eigenvalue weighted by molar-refractivity contribution is -0.156. The molecule has 2 heteroatoms. The highest BCUT2D eigenvalue weighted by atomic mass is 16.3. The van der Waals surface area contributed by atoms with E-state index >= 15 is 0 Å². The van der Waals surface area contributed by atoms with Gasteiger partial charge >= 0.3 is 0 Å². The largest absolute Gasteiger partial charge is 0.390 e. The minimum atomic E-state index is -0.474. The summed E-state index contributed by atoms with van der Waals surface area (Å²) in [5.74, 6) is 3.21. The van der Waals surface area contributed by atoms with E-state index in [-0.39, 0.29) is 5.41 Å². The predicted molar refractivity (Wildman–Crippen MR) is 91.9 cm³/mol. The van der Waals surface area contributed by atoms with Crippen LogP contribution < -0.4 is 0 Å². The molecule has 4 fully saturated rings. The highest BCUT2D eigenvalue weighted by molar-refractivity contribution is 5.54. The van der Waals surface area contributed by atoms with Crippen LogP contribution in [-0.4, -0.2) is 17.0 Å². The zero-order valence-electron chi connectivity index (χ0n) is 15.2. The number of fused-ring (bicyclic) bond motifs is 5. The summed E-state index contributed by atoms with van der Waals surface area (Å²) in [7, 11) is 0. The Hall–Kier alpha value is -0.370. The average Bonchev–Trinajstić information content (AvgIpc) is 2.76. The van der Waals surface area contributed by atoms with Crippen LogP contribution in [-0.2, 0) is 4.79 Å². The number of hydrogen-bond acceptors (Lipinski definition) is 2. The molecule has 130 valence electrons. The molecule has 1 N–H and O–H groups in total. The highest BCUT2D eigenvalue weighted by Crippen LogP contribution is 2.68. The van der Waals surface area contributed by atoms with Crippen LogP contribution in [0.1, 0.15) is 78.6 Å².